The summed E-state index contributed by atoms with van der Waals surface area (Å²) in [7, 11) is -0.538. The van der Waals surface area contributed by atoms with Crippen LogP contribution >= 0.6 is 22.9 Å². The molecule has 0 bridgehead atoms. The van der Waals surface area contributed by atoms with Crippen molar-refractivity contribution in [1.82, 2.24) is 4.31 Å². The Kier molecular flexibility index (Phi) is 4.67. The van der Waals surface area contributed by atoms with E-state index in [1.165, 1.54) is 37.6 Å². The number of rotatable bonds is 4. The van der Waals surface area contributed by atoms with Crippen LogP contribution in [-0.2, 0) is 10.0 Å². The molecule has 0 spiro atoms. The van der Waals surface area contributed by atoms with Crippen molar-refractivity contribution in [2.75, 3.05) is 19.4 Å². The van der Waals surface area contributed by atoms with Gasteiger partial charge in [-0.15, -0.1) is 11.3 Å². The van der Waals surface area contributed by atoms with Crippen LogP contribution in [0.15, 0.2) is 40.6 Å². The Labute approximate surface area is 132 Å². The fraction of sp³-hybridized carbons (Fsp3) is 0.154. The highest BCUT2D eigenvalue weighted by Crippen LogP contribution is 2.21. The average Bonchev–Trinajstić information content (AvgIpc) is 2.86. The highest BCUT2D eigenvalue weighted by Gasteiger charge is 2.17. The van der Waals surface area contributed by atoms with Gasteiger partial charge in [-0.3, -0.25) is 4.79 Å². The molecule has 0 atom stereocenters. The first kappa shape index (κ1) is 16.0. The van der Waals surface area contributed by atoms with E-state index < -0.39 is 10.0 Å². The van der Waals surface area contributed by atoms with Gasteiger partial charge in [-0.05, 0) is 30.3 Å². The van der Waals surface area contributed by atoms with Gasteiger partial charge in [-0.25, -0.2) is 12.7 Å². The topological polar surface area (TPSA) is 66.5 Å². The van der Waals surface area contributed by atoms with E-state index in [-0.39, 0.29) is 10.8 Å². The molecule has 0 unspecified atom stereocenters. The third-order valence-corrected chi connectivity index (χ3v) is 5.79. The lowest BCUT2D eigenvalue weighted by Gasteiger charge is -2.11. The van der Waals surface area contributed by atoms with Crippen LogP contribution in [-0.4, -0.2) is 32.7 Å². The van der Waals surface area contributed by atoms with Gasteiger partial charge in [0.1, 0.15) is 0 Å². The van der Waals surface area contributed by atoms with Gasteiger partial charge in [0.15, 0.2) is 0 Å². The summed E-state index contributed by atoms with van der Waals surface area (Å²) < 4.78 is 25.0. The van der Waals surface area contributed by atoms with Crippen LogP contribution in [0.2, 0.25) is 5.02 Å². The van der Waals surface area contributed by atoms with Crippen LogP contribution in [0.3, 0.4) is 0 Å². The molecule has 2 rings (SSSR count). The number of sulfonamides is 1. The Bertz CT molecular complexity index is 752. The monoisotopic (exact) mass is 344 g/mol. The fourth-order valence-electron chi connectivity index (χ4n) is 1.55. The largest absolute Gasteiger partial charge is 0.321 e. The van der Waals surface area contributed by atoms with Crippen molar-refractivity contribution >= 4 is 44.6 Å². The first-order valence-corrected chi connectivity index (χ1v) is 8.58. The van der Waals surface area contributed by atoms with Crippen LogP contribution in [0.1, 0.15) is 9.67 Å². The molecule has 0 saturated heterocycles. The minimum absolute atomic E-state index is 0.171. The van der Waals surface area contributed by atoms with Crippen LogP contribution < -0.4 is 5.32 Å². The number of nitrogens with one attached hydrogen (secondary N) is 1. The fourth-order valence-corrected chi connectivity index (χ4v) is 3.42. The first-order valence-electron chi connectivity index (χ1n) is 5.88. The van der Waals surface area contributed by atoms with E-state index in [0.717, 1.165) is 4.31 Å². The van der Waals surface area contributed by atoms with Crippen molar-refractivity contribution in [2.45, 2.75) is 4.90 Å². The number of halogens is 1. The van der Waals surface area contributed by atoms with Crippen LogP contribution in [0, 0.1) is 0 Å². The van der Waals surface area contributed by atoms with E-state index in [2.05, 4.69) is 5.32 Å². The molecule has 0 aliphatic heterocycles. The summed E-state index contributed by atoms with van der Waals surface area (Å²) in [5, 5.41) is 4.87. The number of carbonyl (C=O) groups is 1. The molecule has 0 aliphatic carbocycles. The second kappa shape index (κ2) is 6.15. The minimum atomic E-state index is -3.47. The van der Waals surface area contributed by atoms with E-state index in [1.807, 2.05) is 0 Å². The molecule has 1 heterocycles. The van der Waals surface area contributed by atoms with Gasteiger partial charge in [-0.1, -0.05) is 11.6 Å². The van der Waals surface area contributed by atoms with Crippen molar-refractivity contribution in [3.63, 3.8) is 0 Å². The average molecular weight is 345 g/mol. The molecule has 5 nitrogen and oxygen atoms in total. The van der Waals surface area contributed by atoms with Crippen molar-refractivity contribution in [3.8, 4) is 0 Å². The molecule has 0 radical (unpaired) electrons. The SMILES string of the molecule is CN(C)S(=O)(=O)c1ccc(NC(=O)c2cc(Cl)cs2)cc1. The predicted molar refractivity (Wildman–Crippen MR) is 84.6 cm³/mol. The van der Waals surface area contributed by atoms with Crippen molar-refractivity contribution < 1.29 is 13.2 Å². The molecule has 0 aliphatic rings. The Morgan fingerprint density at radius 1 is 1.24 bits per heavy atom. The standard InChI is InChI=1S/C13H13ClN2O3S2/c1-16(2)21(18,19)11-5-3-10(4-6-11)15-13(17)12-7-9(14)8-20-12/h3-8H,1-2H3,(H,15,17). The minimum Gasteiger partial charge on any atom is -0.321 e. The van der Waals surface area contributed by atoms with E-state index in [4.69, 9.17) is 11.6 Å². The van der Waals surface area contributed by atoms with Crippen molar-refractivity contribution in [1.29, 1.82) is 0 Å². The molecule has 21 heavy (non-hydrogen) atoms. The number of amides is 1. The zero-order chi connectivity index (χ0) is 15.6. The smallest absolute Gasteiger partial charge is 0.265 e. The highest BCUT2D eigenvalue weighted by atomic mass is 35.5. The summed E-state index contributed by atoms with van der Waals surface area (Å²) in [6.07, 6.45) is 0. The van der Waals surface area contributed by atoms with E-state index in [9.17, 15) is 13.2 Å². The van der Waals surface area contributed by atoms with Gasteiger partial charge in [0.05, 0.1) is 14.8 Å². The predicted octanol–water partition coefficient (Wildman–Crippen LogP) is 2.90. The van der Waals surface area contributed by atoms with Gasteiger partial charge < -0.3 is 5.32 Å². The number of hydrogen-bond donors (Lipinski definition) is 1. The van der Waals surface area contributed by atoms with Gasteiger partial charge in [0, 0.05) is 25.2 Å². The van der Waals surface area contributed by atoms with Gasteiger partial charge in [0.2, 0.25) is 10.0 Å². The number of anilines is 1. The molecule has 112 valence electrons. The maximum absolute atomic E-state index is 11.9. The summed E-state index contributed by atoms with van der Waals surface area (Å²) in [5.41, 5.74) is 0.516. The second-order valence-electron chi connectivity index (χ2n) is 4.40. The number of carbonyl (C=O) groups excluding carboxylic acids is 1. The lowest BCUT2D eigenvalue weighted by Crippen LogP contribution is -2.22. The number of benzene rings is 1. The summed E-state index contributed by atoms with van der Waals surface area (Å²) in [5.74, 6) is -0.282. The van der Waals surface area contributed by atoms with Gasteiger partial charge >= 0.3 is 0 Å². The molecule has 0 fully saturated rings. The Balaban J connectivity index is 2.15. The molecular weight excluding hydrogens is 332 g/mol. The molecule has 1 aromatic carbocycles. The highest BCUT2D eigenvalue weighted by molar-refractivity contribution is 7.89. The quantitative estimate of drug-likeness (QED) is 0.927. The van der Waals surface area contributed by atoms with Crippen molar-refractivity contribution in [2.24, 2.45) is 0 Å². The first-order chi connectivity index (χ1) is 9.80. The van der Waals surface area contributed by atoms with E-state index >= 15 is 0 Å². The van der Waals surface area contributed by atoms with Crippen LogP contribution in [0.4, 0.5) is 5.69 Å². The lowest BCUT2D eigenvalue weighted by atomic mass is 10.3. The molecular formula is C13H13ClN2O3S2. The summed E-state index contributed by atoms with van der Waals surface area (Å²) in [4.78, 5) is 12.6. The summed E-state index contributed by atoms with van der Waals surface area (Å²) in [6, 6.07) is 7.57. The third kappa shape index (κ3) is 3.62. The normalized spacial score (nSPS) is 11.6. The summed E-state index contributed by atoms with van der Waals surface area (Å²) >= 11 is 7.01. The molecule has 0 saturated carbocycles. The second-order valence-corrected chi connectivity index (χ2v) is 7.89. The number of hydrogen-bond acceptors (Lipinski definition) is 4. The summed E-state index contributed by atoms with van der Waals surface area (Å²) in [6.45, 7) is 0. The molecule has 1 N–H and O–H groups in total. The third-order valence-electron chi connectivity index (χ3n) is 2.68. The van der Waals surface area contributed by atoms with Crippen LogP contribution in [0.25, 0.3) is 0 Å². The number of thiophene rings is 1. The Morgan fingerprint density at radius 2 is 1.86 bits per heavy atom. The molecule has 1 amide bonds. The number of nitrogens with zero attached hydrogens (tertiary/aromatic N) is 1. The zero-order valence-corrected chi connectivity index (χ0v) is 13.7. The van der Waals surface area contributed by atoms with Gasteiger partial charge in [-0.2, -0.15) is 0 Å². The maximum Gasteiger partial charge on any atom is 0.265 e. The Morgan fingerprint density at radius 3 is 2.33 bits per heavy atom. The van der Waals surface area contributed by atoms with Gasteiger partial charge in [0.25, 0.3) is 5.91 Å². The van der Waals surface area contributed by atoms with E-state index in [0.29, 0.717) is 15.6 Å². The van der Waals surface area contributed by atoms with Crippen molar-refractivity contribution in [3.05, 3.63) is 45.6 Å². The lowest BCUT2D eigenvalue weighted by molar-refractivity contribution is 0.103. The van der Waals surface area contributed by atoms with Crippen LogP contribution in [0.5, 0.6) is 0 Å². The molecule has 1 aromatic heterocycles. The zero-order valence-electron chi connectivity index (χ0n) is 11.3. The maximum atomic E-state index is 11.9. The molecule has 8 heteroatoms. The molecule has 2 aromatic rings. The van der Waals surface area contributed by atoms with E-state index in [1.54, 1.807) is 23.6 Å². The Hall–Kier alpha value is -1.41.